The molecule has 110 valence electrons. The minimum absolute atomic E-state index is 0.745. The Morgan fingerprint density at radius 3 is 2.65 bits per heavy atom. The van der Waals surface area contributed by atoms with E-state index in [1.807, 2.05) is 0 Å². The molecule has 0 amide bonds. The van der Waals surface area contributed by atoms with Crippen LogP contribution in [-0.4, -0.2) is 13.1 Å². The van der Waals surface area contributed by atoms with E-state index in [9.17, 15) is 0 Å². The number of hydrogen-bond donors (Lipinski definition) is 1. The molecule has 1 aromatic rings. The van der Waals surface area contributed by atoms with Gasteiger partial charge in [-0.3, -0.25) is 0 Å². The Kier molecular flexibility index (Phi) is 4.45. The van der Waals surface area contributed by atoms with Crippen LogP contribution in [-0.2, 0) is 0 Å². The summed E-state index contributed by atoms with van der Waals surface area (Å²) >= 11 is 0. The van der Waals surface area contributed by atoms with Crippen LogP contribution in [0.3, 0.4) is 0 Å². The normalized spacial score (nSPS) is 34.7. The highest BCUT2D eigenvalue weighted by Gasteiger charge is 2.46. The Labute approximate surface area is 124 Å². The third kappa shape index (κ3) is 2.93. The average molecular weight is 271 g/mol. The quantitative estimate of drug-likeness (QED) is 0.825. The Morgan fingerprint density at radius 1 is 1.15 bits per heavy atom. The SMILES string of the molecule is CCC1CCCC(C(NC)C2CC2c2ccccc2)C1. The maximum absolute atomic E-state index is 3.68. The van der Waals surface area contributed by atoms with Gasteiger partial charge in [0.05, 0.1) is 0 Å². The summed E-state index contributed by atoms with van der Waals surface area (Å²) in [5, 5.41) is 3.68. The van der Waals surface area contributed by atoms with E-state index in [0.717, 1.165) is 29.7 Å². The second kappa shape index (κ2) is 6.30. The summed E-state index contributed by atoms with van der Waals surface area (Å²) in [5.74, 6) is 3.59. The van der Waals surface area contributed by atoms with Crippen molar-refractivity contribution in [2.75, 3.05) is 7.05 Å². The molecule has 1 nitrogen and oxygen atoms in total. The highest BCUT2D eigenvalue weighted by atomic mass is 14.9. The molecule has 1 heteroatoms. The minimum atomic E-state index is 0.745. The van der Waals surface area contributed by atoms with Crippen molar-refractivity contribution in [3.63, 3.8) is 0 Å². The second-order valence-corrected chi connectivity index (χ2v) is 6.93. The van der Waals surface area contributed by atoms with Crippen molar-refractivity contribution in [3.05, 3.63) is 35.9 Å². The van der Waals surface area contributed by atoms with Crippen LogP contribution in [0.15, 0.2) is 30.3 Å². The zero-order chi connectivity index (χ0) is 13.9. The largest absolute Gasteiger partial charge is 0.316 e. The number of benzene rings is 1. The predicted molar refractivity (Wildman–Crippen MR) is 85.9 cm³/mol. The first-order chi connectivity index (χ1) is 9.83. The van der Waals surface area contributed by atoms with Gasteiger partial charge in [0.2, 0.25) is 0 Å². The topological polar surface area (TPSA) is 12.0 Å². The van der Waals surface area contributed by atoms with Crippen molar-refractivity contribution in [1.82, 2.24) is 5.32 Å². The van der Waals surface area contributed by atoms with Crippen LogP contribution in [0.5, 0.6) is 0 Å². The average Bonchev–Trinajstić information content (AvgIpc) is 3.30. The van der Waals surface area contributed by atoms with Gasteiger partial charge in [-0.1, -0.05) is 56.5 Å². The monoisotopic (exact) mass is 271 g/mol. The Hall–Kier alpha value is -0.820. The molecule has 2 fully saturated rings. The van der Waals surface area contributed by atoms with Crippen LogP contribution in [0.2, 0.25) is 0 Å². The zero-order valence-electron chi connectivity index (χ0n) is 13.0. The summed E-state index contributed by atoms with van der Waals surface area (Å²) in [7, 11) is 2.18. The molecular formula is C19H29N. The lowest BCUT2D eigenvalue weighted by atomic mass is 9.75. The van der Waals surface area contributed by atoms with Crippen LogP contribution in [0.1, 0.15) is 56.9 Å². The lowest BCUT2D eigenvalue weighted by Gasteiger charge is -2.34. The van der Waals surface area contributed by atoms with Crippen molar-refractivity contribution in [3.8, 4) is 0 Å². The first kappa shape index (κ1) is 14.1. The molecule has 0 saturated heterocycles. The van der Waals surface area contributed by atoms with Crippen LogP contribution in [0, 0.1) is 17.8 Å². The molecule has 0 bridgehead atoms. The molecule has 1 aromatic carbocycles. The molecule has 5 atom stereocenters. The standard InChI is InChI=1S/C19H29N/c1-3-14-8-7-11-16(12-14)19(20-2)18-13-17(18)15-9-5-4-6-10-15/h4-6,9-10,14,16-20H,3,7-8,11-13H2,1-2H3. The van der Waals surface area contributed by atoms with Gasteiger partial charge in [0, 0.05) is 6.04 Å². The highest BCUT2D eigenvalue weighted by molar-refractivity contribution is 5.27. The third-order valence-corrected chi connectivity index (χ3v) is 5.77. The Bertz CT molecular complexity index is 413. The summed E-state index contributed by atoms with van der Waals surface area (Å²) in [5.41, 5.74) is 1.56. The van der Waals surface area contributed by atoms with Crippen LogP contribution in [0.25, 0.3) is 0 Å². The van der Waals surface area contributed by atoms with Crippen LogP contribution >= 0.6 is 0 Å². The van der Waals surface area contributed by atoms with Gasteiger partial charge < -0.3 is 5.32 Å². The second-order valence-electron chi connectivity index (χ2n) is 6.93. The molecule has 0 spiro atoms. The molecule has 0 heterocycles. The lowest BCUT2D eigenvalue weighted by Crippen LogP contribution is -2.38. The van der Waals surface area contributed by atoms with Gasteiger partial charge in [-0.15, -0.1) is 0 Å². The third-order valence-electron chi connectivity index (χ3n) is 5.77. The molecule has 5 unspecified atom stereocenters. The van der Waals surface area contributed by atoms with E-state index in [4.69, 9.17) is 0 Å². The Balaban J connectivity index is 1.63. The first-order valence-electron chi connectivity index (χ1n) is 8.55. The van der Waals surface area contributed by atoms with Crippen LogP contribution in [0.4, 0.5) is 0 Å². The highest BCUT2D eigenvalue weighted by Crippen LogP contribution is 2.52. The van der Waals surface area contributed by atoms with E-state index < -0.39 is 0 Å². The van der Waals surface area contributed by atoms with Crippen molar-refractivity contribution in [2.45, 2.75) is 57.4 Å². The minimum Gasteiger partial charge on any atom is -0.316 e. The fourth-order valence-electron chi connectivity index (χ4n) is 4.52. The van der Waals surface area contributed by atoms with Crippen molar-refractivity contribution in [1.29, 1.82) is 0 Å². The maximum Gasteiger partial charge on any atom is 0.0127 e. The number of rotatable bonds is 5. The molecule has 0 radical (unpaired) electrons. The predicted octanol–water partition coefficient (Wildman–Crippen LogP) is 4.59. The first-order valence-corrected chi connectivity index (χ1v) is 8.55. The van der Waals surface area contributed by atoms with Gasteiger partial charge in [-0.2, -0.15) is 0 Å². The van der Waals surface area contributed by atoms with Gasteiger partial charge in [-0.05, 0) is 55.5 Å². The zero-order valence-corrected chi connectivity index (χ0v) is 13.0. The fourth-order valence-corrected chi connectivity index (χ4v) is 4.52. The van der Waals surface area contributed by atoms with E-state index in [0.29, 0.717) is 0 Å². The van der Waals surface area contributed by atoms with Gasteiger partial charge >= 0.3 is 0 Å². The van der Waals surface area contributed by atoms with E-state index in [1.165, 1.54) is 38.5 Å². The summed E-state index contributed by atoms with van der Waals surface area (Å²) < 4.78 is 0. The molecule has 0 aliphatic heterocycles. The van der Waals surface area contributed by atoms with E-state index in [1.54, 1.807) is 5.56 Å². The summed E-state index contributed by atoms with van der Waals surface area (Å²) in [6.45, 7) is 2.37. The van der Waals surface area contributed by atoms with Crippen molar-refractivity contribution >= 4 is 0 Å². The van der Waals surface area contributed by atoms with E-state index in [2.05, 4.69) is 49.6 Å². The van der Waals surface area contributed by atoms with Crippen molar-refractivity contribution in [2.24, 2.45) is 17.8 Å². The molecule has 2 aliphatic rings. The molecule has 0 aromatic heterocycles. The molecule has 20 heavy (non-hydrogen) atoms. The van der Waals surface area contributed by atoms with Gasteiger partial charge in [0.1, 0.15) is 0 Å². The number of nitrogens with one attached hydrogen (secondary N) is 1. The fraction of sp³-hybridized carbons (Fsp3) is 0.684. The summed E-state index contributed by atoms with van der Waals surface area (Å²) in [4.78, 5) is 0. The summed E-state index contributed by atoms with van der Waals surface area (Å²) in [6.07, 6.45) is 8.59. The van der Waals surface area contributed by atoms with Gasteiger partial charge in [0.25, 0.3) is 0 Å². The lowest BCUT2D eigenvalue weighted by molar-refractivity contribution is 0.199. The molecule has 3 rings (SSSR count). The molecule has 2 saturated carbocycles. The van der Waals surface area contributed by atoms with Gasteiger partial charge in [0.15, 0.2) is 0 Å². The smallest absolute Gasteiger partial charge is 0.0127 e. The van der Waals surface area contributed by atoms with Crippen LogP contribution < -0.4 is 5.32 Å². The molecular weight excluding hydrogens is 242 g/mol. The van der Waals surface area contributed by atoms with Crippen molar-refractivity contribution < 1.29 is 0 Å². The summed E-state index contributed by atoms with van der Waals surface area (Å²) in [6, 6.07) is 11.9. The Morgan fingerprint density at radius 2 is 1.95 bits per heavy atom. The van der Waals surface area contributed by atoms with E-state index >= 15 is 0 Å². The maximum atomic E-state index is 3.68. The number of hydrogen-bond acceptors (Lipinski definition) is 1. The van der Waals surface area contributed by atoms with Gasteiger partial charge in [-0.25, -0.2) is 0 Å². The molecule has 2 aliphatic carbocycles. The van der Waals surface area contributed by atoms with E-state index in [-0.39, 0.29) is 0 Å². The molecule has 1 N–H and O–H groups in total.